The Morgan fingerprint density at radius 3 is 2.00 bits per heavy atom. The molecule has 0 saturated carbocycles. The number of benzene rings is 1. The maximum atomic E-state index is 12.5. The molecule has 1 aromatic heterocycles. The number of rotatable bonds is 8. The van der Waals surface area contributed by atoms with Crippen molar-refractivity contribution in [3.05, 3.63) is 47.8 Å². The fraction of sp³-hybridized carbons (Fsp3) is 0.350. The number of methoxy groups -OCH3 is 3. The fourth-order valence-electron chi connectivity index (χ4n) is 2.45. The van der Waals surface area contributed by atoms with Gasteiger partial charge in [0.1, 0.15) is 6.61 Å². The quantitative estimate of drug-likeness (QED) is 0.651. The highest BCUT2D eigenvalue weighted by molar-refractivity contribution is 5.94. The van der Waals surface area contributed by atoms with E-state index in [0.717, 1.165) is 0 Å². The van der Waals surface area contributed by atoms with Crippen molar-refractivity contribution in [1.82, 2.24) is 10.3 Å². The predicted octanol–water partition coefficient (Wildman–Crippen LogP) is 2.89. The molecule has 2 rings (SSSR count). The third kappa shape index (κ3) is 6.25. The highest BCUT2D eigenvalue weighted by Crippen LogP contribution is 2.38. The molecule has 158 valence electrons. The average Bonchev–Trinajstić information content (AvgIpc) is 2.71. The van der Waals surface area contributed by atoms with Crippen molar-refractivity contribution in [1.29, 1.82) is 0 Å². The standard InChI is InChI=1S/C20H24N2O6.ClH/c1-20(2,22-18(23)13-6-8-21-9-7-13)12-28-19(24)14-10-15(25-3)17(27-5)16(11-14)26-4;/h6-11H,12H2,1-5H3,(H,22,23);1H. The van der Waals surface area contributed by atoms with E-state index in [-0.39, 0.29) is 30.5 Å². The average molecular weight is 425 g/mol. The van der Waals surface area contributed by atoms with Crippen LogP contribution in [-0.2, 0) is 4.74 Å². The number of esters is 1. The maximum Gasteiger partial charge on any atom is 0.338 e. The van der Waals surface area contributed by atoms with Gasteiger partial charge in [-0.25, -0.2) is 4.79 Å². The number of halogens is 1. The highest BCUT2D eigenvalue weighted by Gasteiger charge is 2.25. The molecule has 1 N–H and O–H groups in total. The minimum atomic E-state index is -0.781. The van der Waals surface area contributed by atoms with Crippen LogP contribution in [0, 0.1) is 0 Å². The first-order valence-corrected chi connectivity index (χ1v) is 8.51. The van der Waals surface area contributed by atoms with Crippen LogP contribution in [0.4, 0.5) is 0 Å². The summed E-state index contributed by atoms with van der Waals surface area (Å²) in [5, 5.41) is 2.83. The van der Waals surface area contributed by atoms with E-state index < -0.39 is 11.5 Å². The van der Waals surface area contributed by atoms with Gasteiger partial charge in [-0.3, -0.25) is 9.78 Å². The molecule has 0 atom stereocenters. The van der Waals surface area contributed by atoms with Crippen LogP contribution in [0.2, 0.25) is 0 Å². The molecular formula is C20H25ClN2O6. The van der Waals surface area contributed by atoms with Crippen LogP contribution < -0.4 is 19.5 Å². The molecule has 0 radical (unpaired) electrons. The second-order valence-corrected chi connectivity index (χ2v) is 6.56. The summed E-state index contributed by atoms with van der Waals surface area (Å²) in [6.45, 7) is 3.49. The summed E-state index contributed by atoms with van der Waals surface area (Å²) in [5.41, 5.74) is -0.0683. The normalized spacial score (nSPS) is 10.4. The van der Waals surface area contributed by atoms with Crippen LogP contribution in [0.1, 0.15) is 34.6 Å². The first-order valence-electron chi connectivity index (χ1n) is 8.51. The van der Waals surface area contributed by atoms with Crippen LogP contribution in [0.15, 0.2) is 36.7 Å². The van der Waals surface area contributed by atoms with Gasteiger partial charge in [0.25, 0.3) is 5.91 Å². The van der Waals surface area contributed by atoms with Gasteiger partial charge in [0, 0.05) is 18.0 Å². The number of amides is 1. The van der Waals surface area contributed by atoms with Gasteiger partial charge in [-0.1, -0.05) is 0 Å². The van der Waals surface area contributed by atoms with Gasteiger partial charge in [0.15, 0.2) is 11.5 Å². The van der Waals surface area contributed by atoms with Gasteiger partial charge in [-0.15, -0.1) is 12.4 Å². The van der Waals surface area contributed by atoms with Crippen molar-refractivity contribution >= 4 is 24.3 Å². The molecule has 0 aliphatic heterocycles. The highest BCUT2D eigenvalue weighted by atomic mass is 35.5. The Labute approximate surface area is 175 Å². The molecule has 1 amide bonds. The second kappa shape index (κ2) is 10.5. The molecule has 1 heterocycles. The molecule has 8 nitrogen and oxygen atoms in total. The van der Waals surface area contributed by atoms with E-state index in [1.54, 1.807) is 26.0 Å². The zero-order valence-corrected chi connectivity index (χ0v) is 17.8. The molecule has 1 aromatic carbocycles. The fourth-order valence-corrected chi connectivity index (χ4v) is 2.45. The van der Waals surface area contributed by atoms with Gasteiger partial charge in [-0.2, -0.15) is 0 Å². The van der Waals surface area contributed by atoms with Crippen LogP contribution >= 0.6 is 12.4 Å². The van der Waals surface area contributed by atoms with Gasteiger partial charge < -0.3 is 24.3 Å². The van der Waals surface area contributed by atoms with Crippen molar-refractivity contribution in [2.75, 3.05) is 27.9 Å². The molecule has 29 heavy (non-hydrogen) atoms. The third-order valence-corrected chi connectivity index (χ3v) is 3.86. The van der Waals surface area contributed by atoms with E-state index in [4.69, 9.17) is 18.9 Å². The first kappa shape index (κ1) is 24.0. The van der Waals surface area contributed by atoms with Crippen molar-refractivity contribution in [3.8, 4) is 17.2 Å². The molecule has 9 heteroatoms. The smallest absolute Gasteiger partial charge is 0.338 e. The Balaban J connectivity index is 0.00000420. The van der Waals surface area contributed by atoms with Crippen LogP contribution in [0.25, 0.3) is 0 Å². The number of aromatic nitrogens is 1. The number of carbonyl (C=O) groups is 2. The van der Waals surface area contributed by atoms with Crippen molar-refractivity contribution < 1.29 is 28.5 Å². The lowest BCUT2D eigenvalue weighted by Crippen LogP contribution is -2.47. The first-order chi connectivity index (χ1) is 13.3. The maximum absolute atomic E-state index is 12.5. The van der Waals surface area contributed by atoms with Gasteiger partial charge in [0.2, 0.25) is 5.75 Å². The number of carbonyl (C=O) groups excluding carboxylic acids is 2. The lowest BCUT2D eigenvalue weighted by atomic mass is 10.1. The van der Waals surface area contributed by atoms with Crippen LogP contribution in [-0.4, -0.2) is 50.3 Å². The molecule has 0 bridgehead atoms. The summed E-state index contributed by atoms with van der Waals surface area (Å²) in [6.07, 6.45) is 3.07. The Morgan fingerprint density at radius 2 is 1.52 bits per heavy atom. The topological polar surface area (TPSA) is 96.0 Å². The number of hydrogen-bond donors (Lipinski definition) is 1. The molecule has 0 unspecified atom stereocenters. The summed E-state index contributed by atoms with van der Waals surface area (Å²) >= 11 is 0. The molecular weight excluding hydrogens is 400 g/mol. The van der Waals surface area contributed by atoms with E-state index >= 15 is 0 Å². The Hall–Kier alpha value is -3.00. The lowest BCUT2D eigenvalue weighted by molar-refractivity contribution is 0.0389. The minimum Gasteiger partial charge on any atom is -0.493 e. The minimum absolute atomic E-state index is 0. The van der Waals surface area contributed by atoms with E-state index in [9.17, 15) is 9.59 Å². The summed E-state index contributed by atoms with van der Waals surface area (Å²) in [7, 11) is 4.40. The summed E-state index contributed by atoms with van der Waals surface area (Å²) in [4.78, 5) is 28.7. The van der Waals surface area contributed by atoms with Crippen molar-refractivity contribution in [2.45, 2.75) is 19.4 Å². The Bertz CT molecular complexity index is 817. The number of ether oxygens (including phenoxy) is 4. The van der Waals surface area contributed by atoms with E-state index in [1.165, 1.54) is 45.9 Å². The molecule has 0 saturated heterocycles. The largest absolute Gasteiger partial charge is 0.493 e. The predicted molar refractivity (Wildman–Crippen MR) is 109 cm³/mol. The number of nitrogens with one attached hydrogen (secondary N) is 1. The van der Waals surface area contributed by atoms with Gasteiger partial charge in [0.05, 0.1) is 32.4 Å². The van der Waals surface area contributed by atoms with E-state index in [0.29, 0.717) is 22.8 Å². The third-order valence-electron chi connectivity index (χ3n) is 3.86. The Morgan fingerprint density at radius 1 is 0.966 bits per heavy atom. The van der Waals surface area contributed by atoms with Crippen LogP contribution in [0.5, 0.6) is 17.2 Å². The number of pyridine rings is 1. The zero-order chi connectivity index (χ0) is 20.7. The molecule has 0 aliphatic carbocycles. The molecule has 0 aliphatic rings. The summed E-state index contributed by atoms with van der Waals surface area (Å²) < 4.78 is 21.1. The molecule has 0 fully saturated rings. The number of hydrogen-bond acceptors (Lipinski definition) is 7. The Kier molecular flexibility index (Phi) is 8.72. The zero-order valence-electron chi connectivity index (χ0n) is 17.0. The van der Waals surface area contributed by atoms with Crippen molar-refractivity contribution in [3.63, 3.8) is 0 Å². The summed E-state index contributed by atoms with van der Waals surface area (Å²) in [6, 6.07) is 6.22. The number of nitrogens with zero attached hydrogens (tertiary/aromatic N) is 1. The van der Waals surface area contributed by atoms with Gasteiger partial charge >= 0.3 is 5.97 Å². The van der Waals surface area contributed by atoms with E-state index in [1.807, 2.05) is 0 Å². The van der Waals surface area contributed by atoms with Crippen molar-refractivity contribution in [2.24, 2.45) is 0 Å². The van der Waals surface area contributed by atoms with Crippen LogP contribution in [0.3, 0.4) is 0 Å². The van der Waals surface area contributed by atoms with Gasteiger partial charge in [-0.05, 0) is 38.1 Å². The monoisotopic (exact) mass is 424 g/mol. The molecule has 0 spiro atoms. The SMILES string of the molecule is COc1cc(C(=O)OCC(C)(C)NC(=O)c2ccncc2)cc(OC)c1OC.Cl. The molecule has 2 aromatic rings. The van der Waals surface area contributed by atoms with E-state index in [2.05, 4.69) is 10.3 Å². The lowest BCUT2D eigenvalue weighted by Gasteiger charge is -2.26. The summed E-state index contributed by atoms with van der Waals surface area (Å²) in [5.74, 6) is 0.214. The second-order valence-electron chi connectivity index (χ2n) is 6.56.